The fourth-order valence-electron chi connectivity index (χ4n) is 1.65. The van der Waals surface area contributed by atoms with E-state index in [-0.39, 0.29) is 5.91 Å². The predicted octanol–water partition coefficient (Wildman–Crippen LogP) is 1.91. The summed E-state index contributed by atoms with van der Waals surface area (Å²) in [6, 6.07) is 11.6. The van der Waals surface area contributed by atoms with Crippen molar-refractivity contribution < 1.29 is 4.79 Å². The molecular formula is C14H15N3O. The van der Waals surface area contributed by atoms with Crippen LogP contribution in [-0.4, -0.2) is 24.5 Å². The number of likely N-dealkylation sites (N-methyl/N-ethyl adjacent to an activating group) is 1. The van der Waals surface area contributed by atoms with E-state index >= 15 is 0 Å². The maximum atomic E-state index is 11.4. The van der Waals surface area contributed by atoms with E-state index in [1.165, 1.54) is 0 Å². The molecular weight excluding hydrogens is 226 g/mol. The van der Waals surface area contributed by atoms with Crippen molar-refractivity contribution in [2.24, 2.45) is 0 Å². The molecule has 1 heterocycles. The molecule has 0 bridgehead atoms. The third-order valence-electron chi connectivity index (χ3n) is 2.50. The summed E-state index contributed by atoms with van der Waals surface area (Å²) in [6.45, 7) is 0.310. The highest BCUT2D eigenvalue weighted by Gasteiger charge is 2.01. The van der Waals surface area contributed by atoms with Crippen LogP contribution in [0.4, 0.5) is 5.69 Å². The lowest BCUT2D eigenvalue weighted by atomic mass is 10.1. The summed E-state index contributed by atoms with van der Waals surface area (Å²) >= 11 is 0. The second-order valence-electron chi connectivity index (χ2n) is 3.90. The summed E-state index contributed by atoms with van der Waals surface area (Å²) in [5.74, 6) is -0.0494. The van der Waals surface area contributed by atoms with E-state index in [4.69, 9.17) is 0 Å². The molecule has 1 aromatic heterocycles. The summed E-state index contributed by atoms with van der Waals surface area (Å²) < 4.78 is 0. The second-order valence-corrected chi connectivity index (χ2v) is 3.90. The standard InChI is InChI=1S/C14H15N3O/c1-15-10-14(18)17-13-6-4-11(5-7-13)12-3-2-8-16-9-12/h2-9,15H,10H2,1H3,(H,17,18). The molecule has 2 rings (SSSR count). The summed E-state index contributed by atoms with van der Waals surface area (Å²) in [5, 5.41) is 5.61. The molecule has 4 nitrogen and oxygen atoms in total. The first-order chi connectivity index (χ1) is 8.79. The number of hydrogen-bond acceptors (Lipinski definition) is 3. The van der Waals surface area contributed by atoms with E-state index in [0.717, 1.165) is 16.8 Å². The van der Waals surface area contributed by atoms with Gasteiger partial charge in [0, 0.05) is 18.1 Å². The van der Waals surface area contributed by atoms with E-state index in [1.54, 1.807) is 13.2 Å². The topological polar surface area (TPSA) is 54.0 Å². The van der Waals surface area contributed by atoms with Crippen molar-refractivity contribution in [3.63, 3.8) is 0 Å². The van der Waals surface area contributed by atoms with Gasteiger partial charge in [0.15, 0.2) is 0 Å². The Morgan fingerprint density at radius 2 is 1.94 bits per heavy atom. The molecule has 4 heteroatoms. The molecule has 0 unspecified atom stereocenters. The Labute approximate surface area is 106 Å². The monoisotopic (exact) mass is 241 g/mol. The zero-order valence-electron chi connectivity index (χ0n) is 10.2. The molecule has 0 radical (unpaired) electrons. The van der Waals surface area contributed by atoms with Crippen LogP contribution in [0.5, 0.6) is 0 Å². The van der Waals surface area contributed by atoms with Crippen LogP contribution >= 0.6 is 0 Å². The molecule has 0 atom stereocenters. The molecule has 0 fully saturated rings. The Morgan fingerprint density at radius 3 is 2.56 bits per heavy atom. The zero-order chi connectivity index (χ0) is 12.8. The molecule has 2 N–H and O–H groups in total. The number of anilines is 1. The van der Waals surface area contributed by atoms with Crippen molar-refractivity contribution in [2.75, 3.05) is 18.9 Å². The summed E-state index contributed by atoms with van der Waals surface area (Å²) in [7, 11) is 1.74. The summed E-state index contributed by atoms with van der Waals surface area (Å²) in [5.41, 5.74) is 2.93. The Hall–Kier alpha value is -2.20. The smallest absolute Gasteiger partial charge is 0.238 e. The lowest BCUT2D eigenvalue weighted by molar-refractivity contribution is -0.115. The van der Waals surface area contributed by atoms with Crippen LogP contribution in [0.25, 0.3) is 11.1 Å². The largest absolute Gasteiger partial charge is 0.325 e. The molecule has 92 valence electrons. The quantitative estimate of drug-likeness (QED) is 0.859. The van der Waals surface area contributed by atoms with Gasteiger partial charge in [-0.2, -0.15) is 0 Å². The van der Waals surface area contributed by atoms with Crippen molar-refractivity contribution in [1.29, 1.82) is 0 Å². The molecule has 0 aliphatic heterocycles. The fourth-order valence-corrected chi connectivity index (χ4v) is 1.65. The van der Waals surface area contributed by atoms with Gasteiger partial charge in [0.1, 0.15) is 0 Å². The number of benzene rings is 1. The van der Waals surface area contributed by atoms with Crippen LogP contribution in [0, 0.1) is 0 Å². The molecule has 0 aliphatic rings. The van der Waals surface area contributed by atoms with E-state index in [2.05, 4.69) is 15.6 Å². The van der Waals surface area contributed by atoms with Gasteiger partial charge >= 0.3 is 0 Å². The normalized spacial score (nSPS) is 10.1. The van der Waals surface area contributed by atoms with Crippen LogP contribution in [-0.2, 0) is 4.79 Å². The maximum absolute atomic E-state index is 11.4. The third-order valence-corrected chi connectivity index (χ3v) is 2.50. The Balaban J connectivity index is 2.09. The first-order valence-corrected chi connectivity index (χ1v) is 5.74. The number of aromatic nitrogens is 1. The number of carbonyl (C=O) groups excluding carboxylic acids is 1. The average molecular weight is 241 g/mol. The number of nitrogens with zero attached hydrogens (tertiary/aromatic N) is 1. The van der Waals surface area contributed by atoms with Crippen LogP contribution in [0.1, 0.15) is 0 Å². The van der Waals surface area contributed by atoms with Crippen LogP contribution in [0.3, 0.4) is 0 Å². The third kappa shape index (κ3) is 3.15. The number of hydrogen-bond donors (Lipinski definition) is 2. The van der Waals surface area contributed by atoms with E-state index in [0.29, 0.717) is 6.54 Å². The van der Waals surface area contributed by atoms with Crippen LogP contribution < -0.4 is 10.6 Å². The number of carbonyl (C=O) groups is 1. The van der Waals surface area contributed by atoms with E-state index in [1.807, 2.05) is 42.6 Å². The van der Waals surface area contributed by atoms with Gasteiger partial charge in [-0.1, -0.05) is 18.2 Å². The van der Waals surface area contributed by atoms with Crippen LogP contribution in [0.15, 0.2) is 48.8 Å². The number of rotatable bonds is 4. The Kier molecular flexibility index (Phi) is 4.04. The molecule has 0 saturated heterocycles. The van der Waals surface area contributed by atoms with E-state index in [9.17, 15) is 4.79 Å². The fraction of sp³-hybridized carbons (Fsp3) is 0.143. The number of pyridine rings is 1. The average Bonchev–Trinajstić information content (AvgIpc) is 2.41. The number of amides is 1. The predicted molar refractivity (Wildman–Crippen MR) is 72.2 cm³/mol. The van der Waals surface area contributed by atoms with E-state index < -0.39 is 0 Å². The highest BCUT2D eigenvalue weighted by Crippen LogP contribution is 2.20. The van der Waals surface area contributed by atoms with Crippen LogP contribution in [0.2, 0.25) is 0 Å². The molecule has 18 heavy (non-hydrogen) atoms. The number of nitrogens with one attached hydrogen (secondary N) is 2. The van der Waals surface area contributed by atoms with Gasteiger partial charge in [0.25, 0.3) is 0 Å². The zero-order valence-corrected chi connectivity index (χ0v) is 10.2. The van der Waals surface area contributed by atoms with Crippen molar-refractivity contribution >= 4 is 11.6 Å². The molecule has 0 aliphatic carbocycles. The van der Waals surface area contributed by atoms with Gasteiger partial charge in [0.05, 0.1) is 6.54 Å². The van der Waals surface area contributed by atoms with Gasteiger partial charge in [-0.05, 0) is 36.4 Å². The van der Waals surface area contributed by atoms with Gasteiger partial charge in [-0.3, -0.25) is 9.78 Å². The molecule has 1 amide bonds. The summed E-state index contributed by atoms with van der Waals surface area (Å²) in [6.07, 6.45) is 3.56. The van der Waals surface area contributed by atoms with Crippen molar-refractivity contribution in [3.05, 3.63) is 48.8 Å². The highest BCUT2D eigenvalue weighted by molar-refractivity contribution is 5.92. The Morgan fingerprint density at radius 1 is 1.17 bits per heavy atom. The Bertz CT molecular complexity index is 508. The lowest BCUT2D eigenvalue weighted by Gasteiger charge is -2.06. The highest BCUT2D eigenvalue weighted by atomic mass is 16.1. The molecule has 0 spiro atoms. The molecule has 0 saturated carbocycles. The first kappa shape index (κ1) is 12.3. The second kappa shape index (κ2) is 5.93. The van der Waals surface area contributed by atoms with Gasteiger partial charge in [0.2, 0.25) is 5.91 Å². The van der Waals surface area contributed by atoms with Gasteiger partial charge < -0.3 is 10.6 Å². The van der Waals surface area contributed by atoms with Crippen molar-refractivity contribution in [1.82, 2.24) is 10.3 Å². The van der Waals surface area contributed by atoms with Gasteiger partial charge in [-0.25, -0.2) is 0 Å². The first-order valence-electron chi connectivity index (χ1n) is 5.74. The molecule has 2 aromatic rings. The SMILES string of the molecule is CNCC(=O)Nc1ccc(-c2cccnc2)cc1. The maximum Gasteiger partial charge on any atom is 0.238 e. The summed E-state index contributed by atoms with van der Waals surface area (Å²) in [4.78, 5) is 15.5. The molecule has 1 aromatic carbocycles. The van der Waals surface area contributed by atoms with Gasteiger partial charge in [-0.15, -0.1) is 0 Å². The van der Waals surface area contributed by atoms with Crippen molar-refractivity contribution in [3.8, 4) is 11.1 Å². The minimum Gasteiger partial charge on any atom is -0.325 e. The minimum atomic E-state index is -0.0494. The van der Waals surface area contributed by atoms with Crippen molar-refractivity contribution in [2.45, 2.75) is 0 Å². The lowest BCUT2D eigenvalue weighted by Crippen LogP contribution is -2.24. The minimum absolute atomic E-state index is 0.0494.